The molecule has 0 spiro atoms. The van der Waals surface area contributed by atoms with E-state index in [1.807, 2.05) is 5.38 Å². The largest absolute Gasteiger partial charge is 0.302 e. The Balaban J connectivity index is 2.42. The Bertz CT molecular complexity index is 338. The van der Waals surface area contributed by atoms with E-state index < -0.39 is 0 Å². The van der Waals surface area contributed by atoms with Crippen LogP contribution in [0, 0.1) is 0 Å². The molecule has 5 heteroatoms. The van der Waals surface area contributed by atoms with Crippen LogP contribution in [0.1, 0.15) is 32.4 Å². The number of anilines is 1. The summed E-state index contributed by atoms with van der Waals surface area (Å²) >= 11 is 1.47. The standard InChI is InChI=1S/C11H19N3OS/c1-4-5-6-14(3)7-10-8-16-11(13-10)12-9(2)15/h8H,4-7H2,1-3H3,(H,12,13,15). The van der Waals surface area contributed by atoms with Gasteiger partial charge in [-0.15, -0.1) is 11.3 Å². The smallest absolute Gasteiger partial charge is 0.223 e. The number of aromatic nitrogens is 1. The summed E-state index contributed by atoms with van der Waals surface area (Å²) in [5, 5.41) is 5.37. The topological polar surface area (TPSA) is 45.2 Å². The Hall–Kier alpha value is -0.940. The van der Waals surface area contributed by atoms with Gasteiger partial charge in [-0.2, -0.15) is 0 Å². The molecule has 1 amide bonds. The maximum atomic E-state index is 10.8. The quantitative estimate of drug-likeness (QED) is 0.831. The molecule has 1 aromatic heterocycles. The van der Waals surface area contributed by atoms with Crippen LogP contribution >= 0.6 is 11.3 Å². The van der Waals surface area contributed by atoms with E-state index in [-0.39, 0.29) is 5.91 Å². The average molecular weight is 241 g/mol. The highest BCUT2D eigenvalue weighted by molar-refractivity contribution is 7.13. The number of unbranched alkanes of at least 4 members (excludes halogenated alkanes) is 1. The van der Waals surface area contributed by atoms with Gasteiger partial charge in [0.25, 0.3) is 0 Å². The van der Waals surface area contributed by atoms with Crippen molar-refractivity contribution in [3.05, 3.63) is 11.1 Å². The minimum atomic E-state index is -0.0692. The van der Waals surface area contributed by atoms with Crippen LogP contribution in [0.15, 0.2) is 5.38 Å². The van der Waals surface area contributed by atoms with Crippen LogP contribution < -0.4 is 5.32 Å². The highest BCUT2D eigenvalue weighted by Crippen LogP contribution is 2.16. The van der Waals surface area contributed by atoms with Crippen molar-refractivity contribution in [3.8, 4) is 0 Å². The molecule has 0 aliphatic heterocycles. The molecule has 0 radical (unpaired) electrons. The van der Waals surface area contributed by atoms with Gasteiger partial charge in [-0.05, 0) is 20.0 Å². The summed E-state index contributed by atoms with van der Waals surface area (Å²) in [5.41, 5.74) is 1.02. The summed E-state index contributed by atoms with van der Waals surface area (Å²) in [6, 6.07) is 0. The fourth-order valence-corrected chi connectivity index (χ4v) is 2.12. The number of carbonyl (C=O) groups excluding carboxylic acids is 1. The van der Waals surface area contributed by atoms with Crippen LogP contribution in [-0.4, -0.2) is 29.4 Å². The second kappa shape index (κ2) is 6.60. The number of carbonyl (C=O) groups is 1. The molecule has 1 rings (SSSR count). The molecule has 16 heavy (non-hydrogen) atoms. The molecular formula is C11H19N3OS. The second-order valence-electron chi connectivity index (χ2n) is 3.92. The Kier molecular flexibility index (Phi) is 5.42. The highest BCUT2D eigenvalue weighted by atomic mass is 32.1. The molecule has 0 aromatic carbocycles. The van der Waals surface area contributed by atoms with Gasteiger partial charge in [-0.25, -0.2) is 4.98 Å². The number of thiazole rings is 1. The van der Waals surface area contributed by atoms with Crippen molar-refractivity contribution in [1.29, 1.82) is 0 Å². The van der Waals surface area contributed by atoms with E-state index in [4.69, 9.17) is 0 Å². The number of amides is 1. The minimum Gasteiger partial charge on any atom is -0.302 e. The number of nitrogens with one attached hydrogen (secondary N) is 1. The molecule has 0 saturated carbocycles. The van der Waals surface area contributed by atoms with Gasteiger partial charge in [0.05, 0.1) is 5.69 Å². The van der Waals surface area contributed by atoms with Crippen molar-refractivity contribution >= 4 is 22.4 Å². The van der Waals surface area contributed by atoms with Gasteiger partial charge in [0.15, 0.2) is 5.13 Å². The van der Waals surface area contributed by atoms with E-state index in [1.54, 1.807) is 0 Å². The molecule has 0 atom stereocenters. The van der Waals surface area contributed by atoms with Gasteiger partial charge in [0.2, 0.25) is 5.91 Å². The van der Waals surface area contributed by atoms with E-state index in [1.165, 1.54) is 31.1 Å². The fraction of sp³-hybridized carbons (Fsp3) is 0.636. The lowest BCUT2D eigenvalue weighted by molar-refractivity contribution is -0.114. The van der Waals surface area contributed by atoms with E-state index in [9.17, 15) is 4.79 Å². The molecule has 0 unspecified atom stereocenters. The minimum absolute atomic E-state index is 0.0692. The SMILES string of the molecule is CCCCN(C)Cc1csc(NC(C)=O)n1. The molecule has 1 aromatic rings. The van der Waals surface area contributed by atoms with Gasteiger partial charge in [-0.3, -0.25) is 4.79 Å². The summed E-state index contributed by atoms with van der Waals surface area (Å²) in [6.07, 6.45) is 2.41. The van der Waals surface area contributed by atoms with Crippen molar-refractivity contribution in [2.45, 2.75) is 33.2 Å². The summed E-state index contributed by atoms with van der Waals surface area (Å²) < 4.78 is 0. The lowest BCUT2D eigenvalue weighted by atomic mass is 10.3. The lowest BCUT2D eigenvalue weighted by Gasteiger charge is -2.13. The van der Waals surface area contributed by atoms with Crippen molar-refractivity contribution in [2.24, 2.45) is 0 Å². The van der Waals surface area contributed by atoms with Crippen molar-refractivity contribution in [1.82, 2.24) is 9.88 Å². The molecule has 0 fully saturated rings. The summed E-state index contributed by atoms with van der Waals surface area (Å²) in [4.78, 5) is 17.4. The third-order valence-corrected chi connectivity index (χ3v) is 2.97. The number of nitrogens with zero attached hydrogens (tertiary/aromatic N) is 2. The molecule has 0 bridgehead atoms. The van der Waals surface area contributed by atoms with E-state index in [0.29, 0.717) is 5.13 Å². The Morgan fingerprint density at radius 2 is 2.38 bits per heavy atom. The molecular weight excluding hydrogens is 222 g/mol. The number of hydrogen-bond donors (Lipinski definition) is 1. The van der Waals surface area contributed by atoms with Crippen molar-refractivity contribution < 1.29 is 4.79 Å². The average Bonchev–Trinajstić information content (AvgIpc) is 2.61. The van der Waals surface area contributed by atoms with E-state index in [2.05, 4.69) is 29.2 Å². The molecule has 0 aliphatic rings. The third-order valence-electron chi connectivity index (χ3n) is 2.16. The van der Waals surface area contributed by atoms with Crippen LogP contribution in [0.5, 0.6) is 0 Å². The summed E-state index contributed by atoms with van der Waals surface area (Å²) in [5.74, 6) is -0.0692. The van der Waals surface area contributed by atoms with E-state index in [0.717, 1.165) is 18.8 Å². The molecule has 0 aliphatic carbocycles. The van der Waals surface area contributed by atoms with Crippen LogP contribution in [0.25, 0.3) is 0 Å². The zero-order valence-electron chi connectivity index (χ0n) is 10.1. The zero-order chi connectivity index (χ0) is 12.0. The van der Waals surface area contributed by atoms with Crippen LogP contribution in [0.2, 0.25) is 0 Å². The summed E-state index contributed by atoms with van der Waals surface area (Å²) in [7, 11) is 2.09. The molecule has 0 saturated heterocycles. The lowest BCUT2D eigenvalue weighted by Crippen LogP contribution is -2.19. The normalized spacial score (nSPS) is 10.8. The Morgan fingerprint density at radius 1 is 1.62 bits per heavy atom. The van der Waals surface area contributed by atoms with Gasteiger partial charge in [0, 0.05) is 18.8 Å². The Labute approximate surface area is 101 Å². The summed E-state index contributed by atoms with van der Waals surface area (Å²) in [6.45, 7) is 5.61. The zero-order valence-corrected chi connectivity index (χ0v) is 10.9. The van der Waals surface area contributed by atoms with Gasteiger partial charge in [0.1, 0.15) is 0 Å². The maximum Gasteiger partial charge on any atom is 0.223 e. The first kappa shape index (κ1) is 13.1. The molecule has 4 nitrogen and oxygen atoms in total. The monoisotopic (exact) mass is 241 g/mol. The van der Waals surface area contributed by atoms with Crippen LogP contribution in [-0.2, 0) is 11.3 Å². The molecule has 1 heterocycles. The maximum absolute atomic E-state index is 10.8. The first-order valence-electron chi connectivity index (χ1n) is 5.52. The number of rotatable bonds is 6. The number of hydrogen-bond acceptors (Lipinski definition) is 4. The van der Waals surface area contributed by atoms with Gasteiger partial charge in [-0.1, -0.05) is 13.3 Å². The van der Waals surface area contributed by atoms with Crippen molar-refractivity contribution in [2.75, 3.05) is 18.9 Å². The first-order chi connectivity index (χ1) is 7.61. The fourth-order valence-electron chi connectivity index (χ4n) is 1.37. The predicted molar refractivity (Wildman–Crippen MR) is 67.7 cm³/mol. The van der Waals surface area contributed by atoms with Crippen LogP contribution in [0.3, 0.4) is 0 Å². The van der Waals surface area contributed by atoms with Crippen LogP contribution in [0.4, 0.5) is 5.13 Å². The predicted octanol–water partition coefficient (Wildman–Crippen LogP) is 2.33. The van der Waals surface area contributed by atoms with Gasteiger partial charge >= 0.3 is 0 Å². The first-order valence-corrected chi connectivity index (χ1v) is 6.40. The van der Waals surface area contributed by atoms with Gasteiger partial charge < -0.3 is 10.2 Å². The molecule has 1 N–H and O–H groups in total. The van der Waals surface area contributed by atoms with E-state index >= 15 is 0 Å². The third kappa shape index (κ3) is 4.72. The molecule has 90 valence electrons. The van der Waals surface area contributed by atoms with Crippen molar-refractivity contribution in [3.63, 3.8) is 0 Å². The highest BCUT2D eigenvalue weighted by Gasteiger charge is 2.05. The second-order valence-corrected chi connectivity index (χ2v) is 4.77. The Morgan fingerprint density at radius 3 is 3.00 bits per heavy atom.